The molecule has 0 radical (unpaired) electrons. The summed E-state index contributed by atoms with van der Waals surface area (Å²) in [6, 6.07) is 9.13. The average molecular weight is 295 g/mol. The molecule has 5 heteroatoms. The number of hydrogen-bond donors (Lipinski definition) is 0. The maximum atomic E-state index is 13.7. The summed E-state index contributed by atoms with van der Waals surface area (Å²) in [6.45, 7) is 0.112. The highest BCUT2D eigenvalue weighted by Gasteiger charge is 2.08. The van der Waals surface area contributed by atoms with Gasteiger partial charge in [0.1, 0.15) is 18.6 Å². The number of hydrogen-bond acceptors (Lipinski definition) is 3. The van der Waals surface area contributed by atoms with E-state index in [0.29, 0.717) is 22.6 Å². The summed E-state index contributed by atoms with van der Waals surface area (Å²) in [5, 5.41) is 0.543. The minimum atomic E-state index is -0.587. The van der Waals surface area contributed by atoms with Crippen LogP contribution in [0, 0.1) is 5.82 Å². The molecule has 0 unspecified atom stereocenters. The van der Waals surface area contributed by atoms with Crippen LogP contribution >= 0.6 is 11.6 Å². The van der Waals surface area contributed by atoms with Crippen LogP contribution in [0.4, 0.5) is 4.39 Å². The topological polar surface area (TPSA) is 35.5 Å². The van der Waals surface area contributed by atoms with Crippen LogP contribution in [0.1, 0.15) is 15.9 Å². The van der Waals surface area contributed by atoms with Crippen LogP contribution in [0.15, 0.2) is 36.4 Å². The van der Waals surface area contributed by atoms with E-state index >= 15 is 0 Å². The third kappa shape index (κ3) is 3.27. The number of benzene rings is 2. The second kappa shape index (κ2) is 6.39. The Morgan fingerprint density at radius 3 is 2.60 bits per heavy atom. The van der Waals surface area contributed by atoms with E-state index in [-0.39, 0.29) is 17.9 Å². The molecular formula is C15H12ClFO3. The molecule has 0 N–H and O–H groups in total. The summed E-state index contributed by atoms with van der Waals surface area (Å²) in [4.78, 5) is 10.5. The number of halogens is 2. The van der Waals surface area contributed by atoms with Crippen molar-refractivity contribution in [2.45, 2.75) is 6.61 Å². The molecule has 0 aliphatic heterocycles. The molecule has 0 bridgehead atoms. The molecule has 2 aromatic carbocycles. The van der Waals surface area contributed by atoms with Gasteiger partial charge in [0.25, 0.3) is 0 Å². The van der Waals surface area contributed by atoms with Gasteiger partial charge in [0.15, 0.2) is 11.6 Å². The molecule has 2 aromatic rings. The molecule has 104 valence electrons. The summed E-state index contributed by atoms with van der Waals surface area (Å²) < 4.78 is 24.2. The molecule has 0 spiro atoms. The van der Waals surface area contributed by atoms with E-state index < -0.39 is 5.82 Å². The molecule has 0 atom stereocenters. The van der Waals surface area contributed by atoms with Crippen molar-refractivity contribution in [3.8, 4) is 11.5 Å². The fourth-order valence-electron chi connectivity index (χ4n) is 1.72. The second-order valence-electron chi connectivity index (χ2n) is 4.05. The first-order valence-corrected chi connectivity index (χ1v) is 6.22. The van der Waals surface area contributed by atoms with Crippen LogP contribution in [0.2, 0.25) is 5.02 Å². The molecular weight excluding hydrogens is 283 g/mol. The van der Waals surface area contributed by atoms with Crippen LogP contribution in [-0.4, -0.2) is 13.4 Å². The third-order valence-electron chi connectivity index (χ3n) is 2.72. The Labute approximate surface area is 120 Å². The van der Waals surface area contributed by atoms with E-state index in [1.807, 2.05) is 0 Å². The van der Waals surface area contributed by atoms with Gasteiger partial charge in [-0.3, -0.25) is 4.79 Å². The van der Waals surface area contributed by atoms with Gasteiger partial charge < -0.3 is 9.47 Å². The Bertz CT molecular complexity index is 629. The first-order chi connectivity index (χ1) is 9.63. The zero-order valence-corrected chi connectivity index (χ0v) is 11.5. The molecule has 0 aromatic heterocycles. The van der Waals surface area contributed by atoms with Crippen LogP contribution in [0.5, 0.6) is 11.5 Å². The minimum Gasteiger partial charge on any atom is -0.496 e. The lowest BCUT2D eigenvalue weighted by Gasteiger charge is -2.11. The molecule has 0 aliphatic carbocycles. The zero-order chi connectivity index (χ0) is 14.5. The SMILES string of the molecule is COc1ccc(Cl)cc1COc1ccc(C=O)cc1F. The molecule has 2 rings (SSSR count). The second-order valence-corrected chi connectivity index (χ2v) is 4.49. The van der Waals surface area contributed by atoms with E-state index in [4.69, 9.17) is 21.1 Å². The van der Waals surface area contributed by atoms with Gasteiger partial charge in [0, 0.05) is 16.1 Å². The first-order valence-electron chi connectivity index (χ1n) is 5.84. The van der Waals surface area contributed by atoms with Gasteiger partial charge in [-0.15, -0.1) is 0 Å². The molecule has 0 saturated heterocycles. The predicted octanol–water partition coefficient (Wildman–Crippen LogP) is 3.88. The molecule has 0 heterocycles. The maximum absolute atomic E-state index is 13.7. The monoisotopic (exact) mass is 294 g/mol. The van der Waals surface area contributed by atoms with Crippen molar-refractivity contribution < 1.29 is 18.7 Å². The molecule has 0 saturated carbocycles. The van der Waals surface area contributed by atoms with Crippen molar-refractivity contribution in [3.63, 3.8) is 0 Å². The smallest absolute Gasteiger partial charge is 0.165 e. The number of rotatable bonds is 5. The molecule has 0 aliphatic rings. The van der Waals surface area contributed by atoms with Gasteiger partial charge in [0.2, 0.25) is 0 Å². The van der Waals surface area contributed by atoms with Gasteiger partial charge in [-0.05, 0) is 36.4 Å². The van der Waals surface area contributed by atoms with Crippen molar-refractivity contribution in [1.82, 2.24) is 0 Å². The van der Waals surface area contributed by atoms with E-state index in [9.17, 15) is 9.18 Å². The fraction of sp³-hybridized carbons (Fsp3) is 0.133. The molecule has 20 heavy (non-hydrogen) atoms. The average Bonchev–Trinajstić information content (AvgIpc) is 2.46. The Morgan fingerprint density at radius 1 is 1.20 bits per heavy atom. The number of ether oxygens (including phenoxy) is 2. The summed E-state index contributed by atoms with van der Waals surface area (Å²) in [7, 11) is 1.53. The highest BCUT2D eigenvalue weighted by Crippen LogP contribution is 2.25. The molecule has 0 fully saturated rings. The van der Waals surface area contributed by atoms with Crippen LogP contribution in [0.25, 0.3) is 0 Å². The highest BCUT2D eigenvalue weighted by molar-refractivity contribution is 6.30. The first kappa shape index (κ1) is 14.3. The number of carbonyl (C=O) groups is 1. The highest BCUT2D eigenvalue weighted by atomic mass is 35.5. The van der Waals surface area contributed by atoms with Crippen LogP contribution in [-0.2, 0) is 6.61 Å². The minimum absolute atomic E-state index is 0.0672. The maximum Gasteiger partial charge on any atom is 0.165 e. The summed E-state index contributed by atoms with van der Waals surface area (Å²) >= 11 is 5.90. The summed E-state index contributed by atoms with van der Waals surface area (Å²) in [5.41, 5.74) is 0.967. The summed E-state index contributed by atoms with van der Waals surface area (Å²) in [6.07, 6.45) is 0.576. The standard InChI is InChI=1S/C15H12ClFO3/c1-19-14-5-3-12(16)7-11(14)9-20-15-4-2-10(8-18)6-13(15)17/h2-8H,9H2,1H3. The Kier molecular flexibility index (Phi) is 4.58. The Balaban J connectivity index is 2.16. The lowest BCUT2D eigenvalue weighted by Crippen LogP contribution is -2.00. The van der Waals surface area contributed by atoms with Crippen LogP contribution < -0.4 is 9.47 Å². The van der Waals surface area contributed by atoms with E-state index in [1.54, 1.807) is 18.2 Å². The van der Waals surface area contributed by atoms with E-state index in [0.717, 1.165) is 6.07 Å². The van der Waals surface area contributed by atoms with E-state index in [2.05, 4.69) is 0 Å². The molecule has 3 nitrogen and oxygen atoms in total. The Morgan fingerprint density at radius 2 is 1.95 bits per heavy atom. The van der Waals surface area contributed by atoms with Crippen LogP contribution in [0.3, 0.4) is 0 Å². The van der Waals surface area contributed by atoms with Gasteiger partial charge in [-0.2, -0.15) is 0 Å². The van der Waals surface area contributed by atoms with Crippen molar-refractivity contribution in [2.24, 2.45) is 0 Å². The van der Waals surface area contributed by atoms with Crippen molar-refractivity contribution >= 4 is 17.9 Å². The van der Waals surface area contributed by atoms with Crippen molar-refractivity contribution in [2.75, 3.05) is 7.11 Å². The van der Waals surface area contributed by atoms with Crippen molar-refractivity contribution in [1.29, 1.82) is 0 Å². The molecule has 0 amide bonds. The number of aldehydes is 1. The zero-order valence-electron chi connectivity index (χ0n) is 10.7. The fourth-order valence-corrected chi connectivity index (χ4v) is 1.92. The third-order valence-corrected chi connectivity index (χ3v) is 2.95. The van der Waals surface area contributed by atoms with Gasteiger partial charge in [-0.25, -0.2) is 4.39 Å². The normalized spacial score (nSPS) is 10.2. The lowest BCUT2D eigenvalue weighted by atomic mass is 10.2. The van der Waals surface area contributed by atoms with Gasteiger partial charge in [-0.1, -0.05) is 11.6 Å². The van der Waals surface area contributed by atoms with E-state index in [1.165, 1.54) is 19.2 Å². The number of methoxy groups -OCH3 is 1. The van der Waals surface area contributed by atoms with Gasteiger partial charge in [0.05, 0.1) is 7.11 Å². The largest absolute Gasteiger partial charge is 0.496 e. The number of carbonyl (C=O) groups excluding carboxylic acids is 1. The van der Waals surface area contributed by atoms with Gasteiger partial charge >= 0.3 is 0 Å². The quantitative estimate of drug-likeness (QED) is 0.785. The lowest BCUT2D eigenvalue weighted by molar-refractivity contribution is 0.112. The van der Waals surface area contributed by atoms with Crippen molar-refractivity contribution in [3.05, 3.63) is 58.4 Å². The summed E-state index contributed by atoms with van der Waals surface area (Å²) in [5.74, 6) is 0.0903. The Hall–Kier alpha value is -2.07. The predicted molar refractivity (Wildman–Crippen MR) is 74.1 cm³/mol.